The lowest BCUT2D eigenvalue weighted by molar-refractivity contribution is -0.915. The summed E-state index contributed by atoms with van der Waals surface area (Å²) in [7, 11) is 6.39. The summed E-state index contributed by atoms with van der Waals surface area (Å²) in [6.45, 7) is 6.30. The lowest BCUT2D eigenvalue weighted by Gasteiger charge is -2.33. The fourth-order valence-corrected chi connectivity index (χ4v) is 4.42. The number of hydrogen-bond donors (Lipinski definition) is 0. The zero-order chi connectivity index (χ0) is 18.4. The van der Waals surface area contributed by atoms with Gasteiger partial charge in [-0.25, -0.2) is 0 Å². The van der Waals surface area contributed by atoms with E-state index in [0.717, 1.165) is 48.0 Å². The maximum atomic E-state index is 13.0. The molecule has 3 rings (SSSR count). The topological polar surface area (TPSA) is 26.3 Å². The Labute approximate surface area is 153 Å². The number of quaternary nitrogens is 1. The molecule has 0 aliphatic rings. The van der Waals surface area contributed by atoms with Gasteiger partial charge in [0.1, 0.15) is 5.75 Å². The molecule has 0 amide bonds. The summed E-state index contributed by atoms with van der Waals surface area (Å²) in [5.41, 5.74) is 2.34. The van der Waals surface area contributed by atoms with E-state index in [9.17, 15) is 4.79 Å². The second-order valence-corrected chi connectivity index (χ2v) is 8.58. The molecular formula is C21H26NO2S+. The van der Waals surface area contributed by atoms with E-state index in [0.29, 0.717) is 0 Å². The van der Waals surface area contributed by atoms with E-state index >= 15 is 0 Å². The highest BCUT2D eigenvalue weighted by Crippen LogP contribution is 2.34. The van der Waals surface area contributed by atoms with Crippen LogP contribution in [0.2, 0.25) is 0 Å². The van der Waals surface area contributed by atoms with Gasteiger partial charge in [0.25, 0.3) is 0 Å². The van der Waals surface area contributed by atoms with Crippen molar-refractivity contribution in [2.75, 3.05) is 21.1 Å². The Balaban J connectivity index is 2.25. The van der Waals surface area contributed by atoms with E-state index in [1.165, 1.54) is 0 Å². The van der Waals surface area contributed by atoms with Crippen molar-refractivity contribution in [3.8, 4) is 5.75 Å². The summed E-state index contributed by atoms with van der Waals surface area (Å²) < 4.78 is 9.17. The molecule has 2 aromatic carbocycles. The standard InChI is InChI=1S/C21H26NO2S/c1-7-19(22(4,5)6)24-17-12-16-20(23)15-10-8-9-11-18(15)25-21(16)14(3)13(17)2/h8-12,19H,7H2,1-6H3/q+1. The van der Waals surface area contributed by atoms with E-state index in [1.807, 2.05) is 30.3 Å². The van der Waals surface area contributed by atoms with E-state index in [2.05, 4.69) is 41.9 Å². The Bertz CT molecular complexity index is 999. The fourth-order valence-electron chi connectivity index (χ4n) is 3.22. The first-order chi connectivity index (χ1) is 11.7. The second kappa shape index (κ2) is 6.43. The summed E-state index contributed by atoms with van der Waals surface area (Å²) in [6.07, 6.45) is 0.958. The van der Waals surface area contributed by atoms with Crippen LogP contribution in [0.25, 0.3) is 20.2 Å². The average molecular weight is 357 g/mol. The normalized spacial score (nSPS) is 13.4. The summed E-state index contributed by atoms with van der Waals surface area (Å²) in [4.78, 5) is 13.0. The molecule has 0 bridgehead atoms. The number of hydrogen-bond acceptors (Lipinski definition) is 3. The highest BCUT2D eigenvalue weighted by Gasteiger charge is 2.25. The Morgan fingerprint density at radius 1 is 1.08 bits per heavy atom. The van der Waals surface area contributed by atoms with Crippen LogP contribution >= 0.6 is 11.3 Å². The molecule has 0 N–H and O–H groups in total. The summed E-state index contributed by atoms with van der Waals surface area (Å²) in [5, 5.41) is 1.55. The fraction of sp³-hybridized carbons (Fsp3) is 0.381. The SMILES string of the molecule is CCC(Oc1cc2c(=O)c3ccccc3sc2c(C)c1C)[N+](C)(C)C. The maximum absolute atomic E-state index is 13.0. The minimum Gasteiger partial charge on any atom is -0.443 e. The predicted octanol–water partition coefficient (Wildman–Crippen LogP) is 4.85. The van der Waals surface area contributed by atoms with Crippen molar-refractivity contribution in [1.29, 1.82) is 0 Å². The van der Waals surface area contributed by atoms with Crippen LogP contribution < -0.4 is 10.2 Å². The van der Waals surface area contributed by atoms with Gasteiger partial charge < -0.3 is 4.74 Å². The van der Waals surface area contributed by atoms with Crippen LogP contribution in [0.1, 0.15) is 24.5 Å². The van der Waals surface area contributed by atoms with Crippen LogP contribution in [0.5, 0.6) is 5.75 Å². The van der Waals surface area contributed by atoms with E-state index < -0.39 is 0 Å². The molecule has 25 heavy (non-hydrogen) atoms. The van der Waals surface area contributed by atoms with Gasteiger partial charge >= 0.3 is 0 Å². The van der Waals surface area contributed by atoms with Crippen molar-refractivity contribution in [1.82, 2.24) is 0 Å². The van der Waals surface area contributed by atoms with Gasteiger partial charge in [-0.05, 0) is 43.2 Å². The van der Waals surface area contributed by atoms with Gasteiger partial charge in [-0.3, -0.25) is 9.28 Å². The number of aryl methyl sites for hydroxylation is 1. The van der Waals surface area contributed by atoms with Crippen LogP contribution in [0.15, 0.2) is 35.1 Å². The number of nitrogens with zero attached hydrogens (tertiary/aromatic N) is 1. The minimum absolute atomic E-state index is 0.0507. The third-order valence-electron chi connectivity index (χ3n) is 4.86. The van der Waals surface area contributed by atoms with E-state index in [1.54, 1.807) is 11.3 Å². The Hall–Kier alpha value is -1.91. The van der Waals surface area contributed by atoms with Crippen LogP contribution in [0, 0.1) is 13.8 Å². The van der Waals surface area contributed by atoms with Crippen LogP contribution in [0.3, 0.4) is 0 Å². The Morgan fingerprint density at radius 2 is 1.76 bits per heavy atom. The lowest BCUT2D eigenvalue weighted by atomic mass is 10.0. The third-order valence-corrected chi connectivity index (χ3v) is 6.16. The van der Waals surface area contributed by atoms with Gasteiger partial charge in [-0.1, -0.05) is 19.1 Å². The van der Waals surface area contributed by atoms with Crippen molar-refractivity contribution in [3.63, 3.8) is 0 Å². The molecule has 4 heteroatoms. The van der Waals surface area contributed by atoms with Crippen LogP contribution in [-0.2, 0) is 0 Å². The molecule has 3 nitrogen and oxygen atoms in total. The monoisotopic (exact) mass is 356 g/mol. The Morgan fingerprint density at radius 3 is 2.40 bits per heavy atom. The minimum atomic E-state index is 0.0507. The van der Waals surface area contributed by atoms with E-state index in [4.69, 9.17) is 4.74 Å². The van der Waals surface area contributed by atoms with Gasteiger partial charge in [0, 0.05) is 26.6 Å². The molecule has 1 heterocycles. The number of benzene rings is 2. The molecule has 0 aliphatic heterocycles. The second-order valence-electron chi connectivity index (χ2n) is 7.53. The Kier molecular flexibility index (Phi) is 4.60. The molecule has 1 unspecified atom stereocenters. The molecule has 0 spiro atoms. The first-order valence-corrected chi connectivity index (χ1v) is 9.49. The molecule has 0 radical (unpaired) electrons. The van der Waals surface area contributed by atoms with Crippen LogP contribution in [-0.4, -0.2) is 31.9 Å². The van der Waals surface area contributed by atoms with Gasteiger partial charge in [-0.2, -0.15) is 0 Å². The smallest absolute Gasteiger partial charge is 0.232 e. The molecule has 3 aromatic rings. The molecule has 132 valence electrons. The quantitative estimate of drug-likeness (QED) is 0.379. The predicted molar refractivity (Wildman–Crippen MR) is 108 cm³/mol. The molecule has 0 fully saturated rings. The number of rotatable bonds is 4. The van der Waals surface area contributed by atoms with Gasteiger partial charge in [0.15, 0.2) is 5.43 Å². The maximum Gasteiger partial charge on any atom is 0.232 e. The molecule has 0 saturated heterocycles. The van der Waals surface area contributed by atoms with Crippen molar-refractivity contribution in [2.24, 2.45) is 0 Å². The van der Waals surface area contributed by atoms with Crippen molar-refractivity contribution < 1.29 is 9.22 Å². The number of fused-ring (bicyclic) bond motifs is 2. The highest BCUT2D eigenvalue weighted by molar-refractivity contribution is 7.24. The molecule has 1 atom stereocenters. The summed E-state index contributed by atoms with van der Waals surface area (Å²) in [5.74, 6) is 0.824. The lowest BCUT2D eigenvalue weighted by Crippen LogP contribution is -2.48. The molecule has 0 saturated carbocycles. The van der Waals surface area contributed by atoms with Crippen molar-refractivity contribution >= 4 is 31.5 Å². The van der Waals surface area contributed by atoms with Gasteiger partial charge in [0.05, 0.1) is 21.1 Å². The molecule has 0 aliphatic carbocycles. The van der Waals surface area contributed by atoms with Crippen molar-refractivity contribution in [2.45, 2.75) is 33.4 Å². The number of ether oxygens (including phenoxy) is 1. The highest BCUT2D eigenvalue weighted by atomic mass is 32.1. The first-order valence-electron chi connectivity index (χ1n) is 8.67. The van der Waals surface area contributed by atoms with Gasteiger partial charge in [0.2, 0.25) is 6.23 Å². The zero-order valence-corrected chi connectivity index (χ0v) is 16.7. The van der Waals surface area contributed by atoms with Crippen molar-refractivity contribution in [3.05, 3.63) is 51.7 Å². The first kappa shape index (κ1) is 17.9. The van der Waals surface area contributed by atoms with Gasteiger partial charge in [-0.15, -0.1) is 11.3 Å². The van der Waals surface area contributed by atoms with E-state index in [-0.39, 0.29) is 11.7 Å². The third kappa shape index (κ3) is 3.16. The molecular weight excluding hydrogens is 330 g/mol. The zero-order valence-electron chi connectivity index (χ0n) is 15.8. The molecule has 1 aromatic heterocycles. The average Bonchev–Trinajstić information content (AvgIpc) is 2.56. The van der Waals surface area contributed by atoms with Crippen LogP contribution in [0.4, 0.5) is 0 Å². The largest absolute Gasteiger partial charge is 0.443 e. The summed E-state index contributed by atoms with van der Waals surface area (Å²) >= 11 is 1.69. The summed E-state index contributed by atoms with van der Waals surface area (Å²) in [6, 6.07) is 9.78.